The number of benzene rings is 2. The van der Waals surface area contributed by atoms with Crippen molar-refractivity contribution >= 4 is 46.1 Å². The first-order valence-corrected chi connectivity index (χ1v) is 14.5. The molecule has 0 radical (unpaired) electrons. The topological polar surface area (TPSA) is 106 Å². The van der Waals surface area contributed by atoms with Crippen molar-refractivity contribution in [2.24, 2.45) is 0 Å². The molecule has 0 bridgehead atoms. The zero-order valence-electron chi connectivity index (χ0n) is 24.5. The fourth-order valence-corrected chi connectivity index (χ4v) is 5.16. The predicted octanol–water partition coefficient (Wildman–Crippen LogP) is 7.63. The van der Waals surface area contributed by atoms with Crippen LogP contribution in [0.4, 0.5) is 11.4 Å². The monoisotopic (exact) mass is 613 g/mol. The molecule has 2 amide bonds. The molecule has 222 valence electrons. The zero-order valence-corrected chi connectivity index (χ0v) is 25.2. The Morgan fingerprint density at radius 2 is 1.16 bits per heavy atom. The van der Waals surface area contributed by atoms with Gasteiger partial charge in [0.15, 0.2) is 0 Å². The van der Waals surface area contributed by atoms with E-state index in [0.29, 0.717) is 5.02 Å². The van der Waals surface area contributed by atoms with Gasteiger partial charge >= 0.3 is 0 Å². The third-order valence-corrected chi connectivity index (χ3v) is 7.19. The van der Waals surface area contributed by atoms with E-state index < -0.39 is 0 Å². The summed E-state index contributed by atoms with van der Waals surface area (Å²) in [5.41, 5.74) is 9.29. The summed E-state index contributed by atoms with van der Waals surface area (Å²) in [5.74, 6) is -0.177. The molecular weight excluding hydrogens is 586 g/mol. The molecule has 0 atom stereocenters. The van der Waals surface area contributed by atoms with Crippen LogP contribution in [0, 0.1) is 0 Å². The summed E-state index contributed by atoms with van der Waals surface area (Å²) in [7, 11) is 0. The van der Waals surface area contributed by atoms with Crippen LogP contribution < -0.4 is 10.6 Å². The summed E-state index contributed by atoms with van der Waals surface area (Å²) >= 11 is 5.96. The largest absolute Gasteiger partial charge is 0.326 e. The van der Waals surface area contributed by atoms with Gasteiger partial charge in [0.25, 0.3) is 0 Å². The predicted molar refractivity (Wildman–Crippen MR) is 178 cm³/mol. The van der Waals surface area contributed by atoms with Gasteiger partial charge in [-0.15, -0.1) is 0 Å². The van der Waals surface area contributed by atoms with Crippen molar-refractivity contribution in [3.8, 4) is 33.6 Å². The Morgan fingerprint density at radius 3 is 1.71 bits per heavy atom. The van der Waals surface area contributed by atoms with Crippen LogP contribution in [0.25, 0.3) is 44.9 Å². The van der Waals surface area contributed by atoms with Crippen molar-refractivity contribution < 1.29 is 9.59 Å². The fraction of sp³-hybridized carbons (Fsp3) is 0.0571. The lowest BCUT2D eigenvalue weighted by atomic mass is 10.1. The van der Waals surface area contributed by atoms with Crippen molar-refractivity contribution in [1.29, 1.82) is 0 Å². The number of amides is 2. The Balaban J connectivity index is 0.000000163. The lowest BCUT2D eigenvalue weighted by Crippen LogP contribution is -2.05. The number of carbonyl (C=O) groups excluding carboxylic acids is 2. The quantitative estimate of drug-likeness (QED) is 0.208. The van der Waals surface area contributed by atoms with Gasteiger partial charge in [0.2, 0.25) is 11.8 Å². The Bertz CT molecular complexity index is 2150. The van der Waals surface area contributed by atoms with Gasteiger partial charge in [-0.2, -0.15) is 0 Å². The maximum absolute atomic E-state index is 11.3. The number of imidazole rings is 2. The third kappa shape index (κ3) is 6.74. The normalized spacial score (nSPS) is 10.7. The summed E-state index contributed by atoms with van der Waals surface area (Å²) in [6.07, 6.45) is 11.1. The number of hydrogen-bond acceptors (Lipinski definition) is 5. The first-order valence-electron chi connectivity index (χ1n) is 14.1. The number of nitrogens with one attached hydrogen (secondary N) is 2. The molecule has 45 heavy (non-hydrogen) atoms. The van der Waals surface area contributed by atoms with E-state index in [4.69, 9.17) is 11.6 Å². The number of anilines is 2. The molecule has 7 aromatic rings. The van der Waals surface area contributed by atoms with Crippen molar-refractivity contribution in [2.45, 2.75) is 13.8 Å². The lowest BCUT2D eigenvalue weighted by molar-refractivity contribution is -0.115. The fourth-order valence-electron chi connectivity index (χ4n) is 5.01. The molecule has 9 nitrogen and oxygen atoms in total. The van der Waals surface area contributed by atoms with Crippen molar-refractivity contribution in [3.05, 3.63) is 127 Å². The maximum atomic E-state index is 11.3. The molecule has 0 aliphatic heterocycles. The van der Waals surface area contributed by atoms with Crippen LogP contribution in [-0.4, -0.2) is 35.6 Å². The van der Waals surface area contributed by atoms with E-state index in [1.54, 1.807) is 18.6 Å². The van der Waals surface area contributed by atoms with Crippen LogP contribution in [-0.2, 0) is 9.59 Å². The van der Waals surface area contributed by atoms with Gasteiger partial charge in [0, 0.05) is 72.2 Å². The highest BCUT2D eigenvalue weighted by atomic mass is 35.5. The molecule has 5 heterocycles. The highest BCUT2D eigenvalue weighted by molar-refractivity contribution is 6.30. The van der Waals surface area contributed by atoms with E-state index in [1.807, 2.05) is 100 Å². The summed E-state index contributed by atoms with van der Waals surface area (Å²) in [6, 6.07) is 27.1. The Morgan fingerprint density at radius 1 is 0.622 bits per heavy atom. The minimum absolute atomic E-state index is 0.0858. The molecule has 10 heteroatoms. The molecule has 2 N–H and O–H groups in total. The molecule has 0 fully saturated rings. The standard InChI is InChI=1S/C20H16N4O.C15H12ClN3O/c1-14(25)23-18-4-2-3-17(11-18)19-13-22-20-12-16(7-10-24(19)20)15-5-8-21-9-6-15;1-10(20)18-13-4-2-3-11(7-13)14-9-17-15-8-12(16)5-6-19(14)15/h2-13H,1H3,(H,23,25);2-9H,1H3,(H,18,20). The molecular formula is C35H28ClN7O2. The van der Waals surface area contributed by atoms with Crippen LogP contribution in [0.3, 0.4) is 0 Å². The SMILES string of the molecule is CC(=O)Nc1cccc(-c2cnc3cc(-c4ccncc4)ccn23)c1.CC(=O)Nc1cccc(-c2cnc3cc(Cl)ccn23)c1. The van der Waals surface area contributed by atoms with Gasteiger partial charge < -0.3 is 10.6 Å². The third-order valence-electron chi connectivity index (χ3n) is 6.96. The van der Waals surface area contributed by atoms with Crippen molar-refractivity contribution in [2.75, 3.05) is 10.6 Å². The smallest absolute Gasteiger partial charge is 0.221 e. The average molecular weight is 614 g/mol. The van der Waals surface area contributed by atoms with Gasteiger partial charge in [-0.1, -0.05) is 35.9 Å². The first kappa shape index (κ1) is 29.3. The van der Waals surface area contributed by atoms with Gasteiger partial charge in [0.05, 0.1) is 23.8 Å². The highest BCUT2D eigenvalue weighted by Gasteiger charge is 2.09. The highest BCUT2D eigenvalue weighted by Crippen LogP contribution is 2.27. The first-order chi connectivity index (χ1) is 21.8. The number of pyridine rings is 3. The number of fused-ring (bicyclic) bond motifs is 2. The Hall–Kier alpha value is -5.80. The van der Waals surface area contributed by atoms with Crippen molar-refractivity contribution in [3.63, 3.8) is 0 Å². The molecule has 2 aromatic carbocycles. The van der Waals surface area contributed by atoms with E-state index in [9.17, 15) is 9.59 Å². The Labute approximate surface area is 264 Å². The van der Waals surface area contributed by atoms with Gasteiger partial charge in [-0.25, -0.2) is 9.97 Å². The zero-order chi connectivity index (χ0) is 31.3. The van der Waals surface area contributed by atoms with E-state index in [0.717, 1.165) is 56.3 Å². The van der Waals surface area contributed by atoms with E-state index in [1.165, 1.54) is 13.8 Å². The molecule has 0 aliphatic carbocycles. The summed E-state index contributed by atoms with van der Waals surface area (Å²) in [6.45, 7) is 2.99. The minimum Gasteiger partial charge on any atom is -0.326 e. The lowest BCUT2D eigenvalue weighted by Gasteiger charge is -2.07. The van der Waals surface area contributed by atoms with Gasteiger partial charge in [-0.05, 0) is 65.7 Å². The van der Waals surface area contributed by atoms with Gasteiger partial charge in [-0.3, -0.25) is 23.4 Å². The minimum atomic E-state index is -0.0907. The van der Waals surface area contributed by atoms with Crippen LogP contribution in [0.15, 0.2) is 122 Å². The van der Waals surface area contributed by atoms with Crippen LogP contribution in [0.1, 0.15) is 13.8 Å². The van der Waals surface area contributed by atoms with Crippen LogP contribution in [0.5, 0.6) is 0 Å². The summed E-state index contributed by atoms with van der Waals surface area (Å²) < 4.78 is 4.00. The molecule has 7 rings (SSSR count). The molecule has 0 spiro atoms. The molecule has 0 saturated carbocycles. The second-order valence-electron chi connectivity index (χ2n) is 10.3. The summed E-state index contributed by atoms with van der Waals surface area (Å²) in [5, 5.41) is 6.24. The van der Waals surface area contributed by atoms with Gasteiger partial charge in [0.1, 0.15) is 11.3 Å². The van der Waals surface area contributed by atoms with E-state index in [2.05, 4.69) is 37.7 Å². The number of nitrogens with zero attached hydrogens (tertiary/aromatic N) is 5. The van der Waals surface area contributed by atoms with Crippen LogP contribution >= 0.6 is 11.6 Å². The van der Waals surface area contributed by atoms with E-state index in [-0.39, 0.29) is 11.8 Å². The summed E-state index contributed by atoms with van der Waals surface area (Å²) in [4.78, 5) is 35.3. The maximum Gasteiger partial charge on any atom is 0.221 e. The number of halogens is 1. The number of rotatable bonds is 5. The number of carbonyl (C=O) groups is 2. The Kier molecular flexibility index (Phi) is 8.35. The van der Waals surface area contributed by atoms with Crippen molar-refractivity contribution in [1.82, 2.24) is 23.8 Å². The average Bonchev–Trinajstić information content (AvgIpc) is 3.65. The molecule has 0 aliphatic rings. The second-order valence-corrected chi connectivity index (χ2v) is 10.7. The van der Waals surface area contributed by atoms with E-state index >= 15 is 0 Å². The second kappa shape index (κ2) is 12.8. The molecule has 0 unspecified atom stereocenters. The van der Waals surface area contributed by atoms with Crippen LogP contribution in [0.2, 0.25) is 5.02 Å². The molecule has 0 saturated heterocycles. The molecule has 5 aromatic heterocycles. The number of aromatic nitrogens is 5. The number of hydrogen-bond donors (Lipinski definition) is 2.